The fraction of sp³-hybridized carbons (Fsp3) is 0.417. The molecule has 0 saturated carbocycles. The van der Waals surface area contributed by atoms with Gasteiger partial charge in [-0.2, -0.15) is 0 Å². The van der Waals surface area contributed by atoms with Gasteiger partial charge in [-0.3, -0.25) is 9.59 Å². The Kier molecular flexibility index (Phi) is 6.57. The molecule has 0 radical (unpaired) electrons. The first-order valence-electron chi connectivity index (χ1n) is 10.4. The van der Waals surface area contributed by atoms with Crippen LogP contribution < -0.4 is 15.5 Å². The summed E-state index contributed by atoms with van der Waals surface area (Å²) in [5.41, 5.74) is 5.05. The van der Waals surface area contributed by atoms with Gasteiger partial charge in [-0.25, -0.2) is 0 Å². The zero-order chi connectivity index (χ0) is 21.0. The van der Waals surface area contributed by atoms with E-state index in [1.54, 1.807) is 0 Å². The minimum absolute atomic E-state index is 0.00867. The Hall–Kier alpha value is -2.82. The second kappa shape index (κ2) is 9.12. The van der Waals surface area contributed by atoms with Crippen LogP contribution in [0.5, 0.6) is 0 Å². The normalized spacial score (nSPS) is 14.3. The minimum Gasteiger partial charge on any atom is -0.362 e. The van der Waals surface area contributed by atoms with Crippen LogP contribution in [0.4, 0.5) is 5.69 Å². The van der Waals surface area contributed by atoms with Crippen molar-refractivity contribution in [2.45, 2.75) is 52.6 Å². The fourth-order valence-corrected chi connectivity index (χ4v) is 4.03. The Balaban J connectivity index is 1.73. The van der Waals surface area contributed by atoms with E-state index in [2.05, 4.69) is 34.6 Å². The van der Waals surface area contributed by atoms with E-state index < -0.39 is 0 Å². The van der Waals surface area contributed by atoms with E-state index in [1.165, 1.54) is 5.56 Å². The largest absolute Gasteiger partial charge is 0.362 e. The van der Waals surface area contributed by atoms with Crippen molar-refractivity contribution in [2.24, 2.45) is 0 Å². The van der Waals surface area contributed by atoms with Crippen LogP contribution >= 0.6 is 0 Å². The highest BCUT2D eigenvalue weighted by Gasteiger charge is 2.24. The summed E-state index contributed by atoms with van der Waals surface area (Å²) >= 11 is 0. The molecule has 2 amide bonds. The molecule has 5 nitrogen and oxygen atoms in total. The monoisotopic (exact) mass is 393 g/mol. The number of hydrogen-bond donors (Lipinski definition) is 2. The van der Waals surface area contributed by atoms with E-state index >= 15 is 0 Å². The summed E-state index contributed by atoms with van der Waals surface area (Å²) < 4.78 is 0. The number of carbonyl (C=O) groups is 2. The molecule has 5 heteroatoms. The lowest BCUT2D eigenvalue weighted by Gasteiger charge is -2.32. The van der Waals surface area contributed by atoms with Crippen molar-refractivity contribution >= 4 is 17.5 Å². The highest BCUT2D eigenvalue weighted by atomic mass is 16.2. The number of nitrogens with zero attached hydrogens (tertiary/aromatic N) is 1. The van der Waals surface area contributed by atoms with Crippen LogP contribution in [0, 0.1) is 6.92 Å². The van der Waals surface area contributed by atoms with Crippen LogP contribution in [-0.2, 0) is 11.2 Å². The Morgan fingerprint density at radius 2 is 1.79 bits per heavy atom. The molecule has 0 aromatic heterocycles. The lowest BCUT2D eigenvalue weighted by molar-refractivity contribution is -0.120. The number of fused-ring (bicyclic) bond motifs is 1. The summed E-state index contributed by atoms with van der Waals surface area (Å²) in [5.74, 6) is -0.0537. The predicted molar refractivity (Wildman–Crippen MR) is 117 cm³/mol. The van der Waals surface area contributed by atoms with Gasteiger partial charge in [-0.1, -0.05) is 30.3 Å². The average Bonchev–Trinajstić information content (AvgIpc) is 2.67. The van der Waals surface area contributed by atoms with Gasteiger partial charge in [0.25, 0.3) is 5.91 Å². The maximum Gasteiger partial charge on any atom is 0.251 e. The van der Waals surface area contributed by atoms with Gasteiger partial charge >= 0.3 is 0 Å². The SMILES string of the molecule is Cc1ccccc1C(C)NC(=O)CN1CCCc2c(C(=O)NC(C)C)cccc21. The van der Waals surface area contributed by atoms with Crippen LogP contribution in [0.15, 0.2) is 42.5 Å². The molecule has 1 atom stereocenters. The Morgan fingerprint density at radius 3 is 2.52 bits per heavy atom. The van der Waals surface area contributed by atoms with Crippen molar-refractivity contribution in [3.63, 3.8) is 0 Å². The molecule has 1 heterocycles. The summed E-state index contributed by atoms with van der Waals surface area (Å²) in [6, 6.07) is 13.9. The average molecular weight is 394 g/mol. The van der Waals surface area contributed by atoms with Crippen molar-refractivity contribution < 1.29 is 9.59 Å². The summed E-state index contributed by atoms with van der Waals surface area (Å²) in [6.45, 7) is 9.09. The first kappa shape index (κ1) is 20.9. The van der Waals surface area contributed by atoms with Crippen LogP contribution in [0.25, 0.3) is 0 Å². The quantitative estimate of drug-likeness (QED) is 0.785. The van der Waals surface area contributed by atoms with Gasteiger partial charge in [0.15, 0.2) is 0 Å². The Bertz CT molecular complexity index is 891. The van der Waals surface area contributed by atoms with Gasteiger partial charge < -0.3 is 15.5 Å². The standard InChI is InChI=1S/C24H31N3O2/c1-16(2)25-24(29)21-11-7-13-22-20(21)12-8-14-27(22)15-23(28)26-18(4)19-10-6-5-9-17(19)3/h5-7,9-11,13,16,18H,8,12,14-15H2,1-4H3,(H,25,29)(H,26,28). The summed E-state index contributed by atoms with van der Waals surface area (Å²) in [5, 5.41) is 6.10. The van der Waals surface area contributed by atoms with Crippen LogP contribution in [-0.4, -0.2) is 30.9 Å². The van der Waals surface area contributed by atoms with E-state index in [4.69, 9.17) is 0 Å². The maximum atomic E-state index is 12.7. The number of amides is 2. The van der Waals surface area contributed by atoms with Gasteiger partial charge in [-0.15, -0.1) is 0 Å². The van der Waals surface area contributed by atoms with Crippen molar-refractivity contribution in [1.29, 1.82) is 0 Å². The third-order valence-electron chi connectivity index (χ3n) is 5.38. The first-order valence-corrected chi connectivity index (χ1v) is 10.4. The van der Waals surface area contributed by atoms with Gasteiger partial charge in [0, 0.05) is 23.8 Å². The predicted octanol–water partition coefficient (Wildman–Crippen LogP) is 3.76. The maximum absolute atomic E-state index is 12.7. The van der Waals surface area contributed by atoms with Crippen molar-refractivity contribution in [3.05, 3.63) is 64.7 Å². The summed E-state index contributed by atoms with van der Waals surface area (Å²) in [7, 11) is 0. The fourth-order valence-electron chi connectivity index (χ4n) is 4.03. The number of carbonyl (C=O) groups excluding carboxylic acids is 2. The van der Waals surface area contributed by atoms with E-state index in [1.807, 2.05) is 51.1 Å². The van der Waals surface area contributed by atoms with Crippen molar-refractivity contribution in [2.75, 3.05) is 18.0 Å². The molecular formula is C24H31N3O2. The number of rotatable bonds is 6. The number of hydrogen-bond acceptors (Lipinski definition) is 3. The zero-order valence-corrected chi connectivity index (χ0v) is 17.8. The molecule has 1 aliphatic heterocycles. The minimum atomic E-state index is -0.0453. The van der Waals surface area contributed by atoms with Crippen LogP contribution in [0.3, 0.4) is 0 Å². The van der Waals surface area contributed by atoms with Gasteiger partial charge in [-0.05, 0) is 69.4 Å². The lowest BCUT2D eigenvalue weighted by Crippen LogP contribution is -2.41. The molecule has 0 aliphatic carbocycles. The van der Waals surface area contributed by atoms with Crippen molar-refractivity contribution in [3.8, 4) is 0 Å². The molecule has 2 N–H and O–H groups in total. The lowest BCUT2D eigenvalue weighted by atomic mass is 9.95. The molecule has 1 unspecified atom stereocenters. The second-order valence-electron chi connectivity index (χ2n) is 8.10. The van der Waals surface area contributed by atoms with Gasteiger partial charge in [0.2, 0.25) is 5.91 Å². The van der Waals surface area contributed by atoms with Crippen molar-refractivity contribution in [1.82, 2.24) is 10.6 Å². The third kappa shape index (κ3) is 4.97. The number of aryl methyl sites for hydroxylation is 1. The summed E-state index contributed by atoms with van der Waals surface area (Å²) in [4.78, 5) is 27.4. The molecule has 3 rings (SSSR count). The molecular weight excluding hydrogens is 362 g/mol. The molecule has 1 aliphatic rings. The topological polar surface area (TPSA) is 61.4 Å². The highest BCUT2D eigenvalue weighted by molar-refractivity contribution is 5.97. The van der Waals surface area contributed by atoms with Gasteiger partial charge in [0.1, 0.15) is 0 Å². The van der Waals surface area contributed by atoms with E-state index in [0.29, 0.717) is 6.54 Å². The van der Waals surface area contributed by atoms with Gasteiger partial charge in [0.05, 0.1) is 12.6 Å². The first-order chi connectivity index (χ1) is 13.9. The van der Waals surface area contributed by atoms with E-state index in [0.717, 1.165) is 41.8 Å². The smallest absolute Gasteiger partial charge is 0.251 e. The number of anilines is 1. The third-order valence-corrected chi connectivity index (χ3v) is 5.38. The number of nitrogens with one attached hydrogen (secondary N) is 2. The molecule has 0 saturated heterocycles. The van der Waals surface area contributed by atoms with E-state index in [9.17, 15) is 9.59 Å². The highest BCUT2D eigenvalue weighted by Crippen LogP contribution is 2.30. The Labute approximate surface area is 173 Å². The second-order valence-corrected chi connectivity index (χ2v) is 8.10. The number of benzene rings is 2. The molecule has 29 heavy (non-hydrogen) atoms. The van der Waals surface area contributed by atoms with Crippen LogP contribution in [0.2, 0.25) is 0 Å². The van der Waals surface area contributed by atoms with E-state index in [-0.39, 0.29) is 23.9 Å². The van der Waals surface area contributed by atoms with Crippen LogP contribution in [0.1, 0.15) is 60.3 Å². The molecule has 2 aromatic carbocycles. The molecule has 0 spiro atoms. The summed E-state index contributed by atoms with van der Waals surface area (Å²) in [6.07, 6.45) is 1.79. The molecule has 154 valence electrons. The zero-order valence-electron chi connectivity index (χ0n) is 17.8. The molecule has 0 bridgehead atoms. The molecule has 0 fully saturated rings. The Morgan fingerprint density at radius 1 is 1.03 bits per heavy atom. The molecule has 2 aromatic rings.